The second-order valence-electron chi connectivity index (χ2n) is 5.65. The minimum atomic E-state index is -0.260. The Morgan fingerprint density at radius 1 is 1.35 bits per heavy atom. The number of rotatable bonds is 2. The lowest BCUT2D eigenvalue weighted by Gasteiger charge is -2.19. The molecule has 20 heavy (non-hydrogen) atoms. The Bertz CT molecular complexity index is 644. The van der Waals surface area contributed by atoms with Crippen molar-refractivity contribution in [3.05, 3.63) is 39.9 Å². The van der Waals surface area contributed by atoms with Crippen molar-refractivity contribution in [2.24, 2.45) is 0 Å². The summed E-state index contributed by atoms with van der Waals surface area (Å²) in [6, 6.07) is 7.49. The van der Waals surface area contributed by atoms with Crippen molar-refractivity contribution in [1.29, 1.82) is 0 Å². The topological polar surface area (TPSA) is 42.0 Å². The largest absolute Gasteiger partial charge is 0.347 e. The Balaban J connectivity index is 2.33. The van der Waals surface area contributed by atoms with Gasteiger partial charge in [0.25, 0.3) is 5.91 Å². The van der Waals surface area contributed by atoms with E-state index < -0.39 is 0 Å². The highest BCUT2D eigenvalue weighted by atomic mass is 35.5. The molecule has 0 unspecified atom stereocenters. The fourth-order valence-corrected chi connectivity index (χ4v) is 2.90. The maximum absolute atomic E-state index is 12.2. The number of nitrogens with zero attached hydrogens (tertiary/aromatic N) is 1. The number of amides is 1. The number of carbonyl (C=O) groups is 1. The highest BCUT2D eigenvalue weighted by molar-refractivity contribution is 7.17. The molecule has 1 aromatic heterocycles. The quantitative estimate of drug-likeness (QED) is 0.898. The molecule has 0 saturated heterocycles. The van der Waals surface area contributed by atoms with Crippen molar-refractivity contribution in [2.45, 2.75) is 33.2 Å². The molecule has 0 aliphatic heterocycles. The summed E-state index contributed by atoms with van der Waals surface area (Å²) in [5, 5.41) is 4.43. The molecule has 1 amide bonds. The van der Waals surface area contributed by atoms with E-state index in [0.717, 1.165) is 16.3 Å². The van der Waals surface area contributed by atoms with Crippen LogP contribution in [0, 0.1) is 6.92 Å². The van der Waals surface area contributed by atoms with Gasteiger partial charge in [-0.2, -0.15) is 0 Å². The molecule has 0 aliphatic rings. The fourth-order valence-electron chi connectivity index (χ4n) is 1.75. The van der Waals surface area contributed by atoms with Crippen LogP contribution in [0.4, 0.5) is 0 Å². The number of aromatic nitrogens is 1. The van der Waals surface area contributed by atoms with E-state index in [1.807, 2.05) is 52.0 Å². The first-order chi connectivity index (χ1) is 9.26. The summed E-state index contributed by atoms with van der Waals surface area (Å²) in [4.78, 5) is 17.3. The predicted octanol–water partition coefficient (Wildman–Crippen LogP) is 4.30. The Morgan fingerprint density at radius 2 is 2.05 bits per heavy atom. The number of aryl methyl sites for hydroxylation is 1. The molecule has 5 heteroatoms. The number of benzene rings is 1. The van der Waals surface area contributed by atoms with Crippen LogP contribution in [0.25, 0.3) is 10.6 Å². The number of hydrogen-bond acceptors (Lipinski definition) is 3. The summed E-state index contributed by atoms with van der Waals surface area (Å²) in [6.45, 7) is 7.72. The van der Waals surface area contributed by atoms with Crippen LogP contribution in [0.1, 0.15) is 36.1 Å². The standard InChI is InChI=1S/C15H17ClN2OS/c1-9-12(13(19)18-15(2,3)4)20-14(17-9)10-6-5-7-11(16)8-10/h5-8H,1-4H3,(H,18,19). The first-order valence-corrected chi connectivity index (χ1v) is 7.51. The third kappa shape index (κ3) is 3.58. The minimum absolute atomic E-state index is 0.0826. The molecule has 0 aliphatic carbocycles. The molecule has 0 saturated carbocycles. The molecular weight excluding hydrogens is 292 g/mol. The normalized spacial score (nSPS) is 11.4. The van der Waals surface area contributed by atoms with E-state index in [1.54, 1.807) is 0 Å². The van der Waals surface area contributed by atoms with Gasteiger partial charge in [-0.15, -0.1) is 11.3 Å². The van der Waals surface area contributed by atoms with Gasteiger partial charge in [-0.1, -0.05) is 23.7 Å². The smallest absolute Gasteiger partial charge is 0.263 e. The molecule has 0 atom stereocenters. The van der Waals surface area contributed by atoms with E-state index >= 15 is 0 Å². The van der Waals surface area contributed by atoms with Gasteiger partial charge in [0.05, 0.1) is 5.69 Å². The SMILES string of the molecule is Cc1nc(-c2cccc(Cl)c2)sc1C(=O)NC(C)(C)C. The second kappa shape index (κ2) is 5.54. The first kappa shape index (κ1) is 15.0. The number of hydrogen-bond donors (Lipinski definition) is 1. The minimum Gasteiger partial charge on any atom is -0.347 e. The zero-order chi connectivity index (χ0) is 14.9. The number of thiazole rings is 1. The molecule has 0 bridgehead atoms. The molecule has 106 valence electrons. The molecule has 1 heterocycles. The summed E-state index contributed by atoms with van der Waals surface area (Å²) >= 11 is 7.38. The van der Waals surface area contributed by atoms with Crippen LogP contribution in [0.5, 0.6) is 0 Å². The van der Waals surface area contributed by atoms with Crippen LogP contribution in [-0.2, 0) is 0 Å². The molecule has 0 fully saturated rings. The van der Waals surface area contributed by atoms with Crippen LogP contribution >= 0.6 is 22.9 Å². The predicted molar refractivity (Wildman–Crippen MR) is 84.5 cm³/mol. The Hall–Kier alpha value is -1.39. The van der Waals surface area contributed by atoms with Crippen LogP contribution in [-0.4, -0.2) is 16.4 Å². The van der Waals surface area contributed by atoms with E-state index in [0.29, 0.717) is 9.90 Å². The molecule has 1 N–H and O–H groups in total. The van der Waals surface area contributed by atoms with Crippen LogP contribution in [0.3, 0.4) is 0 Å². The van der Waals surface area contributed by atoms with Crippen molar-refractivity contribution >= 4 is 28.8 Å². The third-order valence-electron chi connectivity index (χ3n) is 2.56. The van der Waals surface area contributed by atoms with Gasteiger partial charge in [0, 0.05) is 16.1 Å². The Labute approximate surface area is 128 Å². The third-order valence-corrected chi connectivity index (χ3v) is 4.00. The summed E-state index contributed by atoms with van der Waals surface area (Å²) in [6.07, 6.45) is 0. The first-order valence-electron chi connectivity index (χ1n) is 6.32. The molecule has 0 spiro atoms. The van der Waals surface area contributed by atoms with Crippen molar-refractivity contribution in [1.82, 2.24) is 10.3 Å². The highest BCUT2D eigenvalue weighted by Crippen LogP contribution is 2.29. The molecular formula is C15H17ClN2OS. The number of nitrogens with one attached hydrogen (secondary N) is 1. The monoisotopic (exact) mass is 308 g/mol. The summed E-state index contributed by atoms with van der Waals surface area (Å²) in [7, 11) is 0. The van der Waals surface area contributed by atoms with Gasteiger partial charge in [-0.3, -0.25) is 4.79 Å². The van der Waals surface area contributed by atoms with Crippen LogP contribution in [0.15, 0.2) is 24.3 Å². The lowest BCUT2D eigenvalue weighted by molar-refractivity contribution is 0.0923. The zero-order valence-electron chi connectivity index (χ0n) is 12.0. The Kier molecular flexibility index (Phi) is 4.16. The Morgan fingerprint density at radius 3 is 2.65 bits per heavy atom. The van der Waals surface area contributed by atoms with E-state index in [4.69, 9.17) is 11.6 Å². The zero-order valence-corrected chi connectivity index (χ0v) is 13.5. The van der Waals surface area contributed by atoms with Crippen molar-refractivity contribution in [3.63, 3.8) is 0 Å². The van der Waals surface area contributed by atoms with E-state index in [2.05, 4.69) is 10.3 Å². The number of halogens is 1. The van der Waals surface area contributed by atoms with Gasteiger partial charge in [-0.05, 0) is 39.8 Å². The van der Waals surface area contributed by atoms with Gasteiger partial charge in [-0.25, -0.2) is 4.98 Å². The summed E-state index contributed by atoms with van der Waals surface area (Å²) in [5.74, 6) is -0.0826. The van der Waals surface area contributed by atoms with Crippen molar-refractivity contribution in [2.75, 3.05) is 0 Å². The molecule has 0 radical (unpaired) electrons. The van der Waals surface area contributed by atoms with Crippen molar-refractivity contribution in [3.8, 4) is 10.6 Å². The van der Waals surface area contributed by atoms with Crippen LogP contribution in [0.2, 0.25) is 5.02 Å². The highest BCUT2D eigenvalue weighted by Gasteiger charge is 2.20. The average Bonchev–Trinajstić information content (AvgIpc) is 2.69. The molecule has 1 aromatic carbocycles. The van der Waals surface area contributed by atoms with E-state index in [1.165, 1.54) is 11.3 Å². The molecule has 3 nitrogen and oxygen atoms in total. The van der Waals surface area contributed by atoms with Gasteiger partial charge in [0.1, 0.15) is 9.88 Å². The van der Waals surface area contributed by atoms with E-state index in [9.17, 15) is 4.79 Å². The maximum atomic E-state index is 12.2. The summed E-state index contributed by atoms with van der Waals surface area (Å²) in [5.41, 5.74) is 1.41. The summed E-state index contributed by atoms with van der Waals surface area (Å²) < 4.78 is 0. The van der Waals surface area contributed by atoms with Gasteiger partial charge in [0.2, 0.25) is 0 Å². The number of carbonyl (C=O) groups excluding carboxylic acids is 1. The maximum Gasteiger partial charge on any atom is 0.263 e. The lowest BCUT2D eigenvalue weighted by Crippen LogP contribution is -2.40. The van der Waals surface area contributed by atoms with Crippen molar-refractivity contribution < 1.29 is 4.79 Å². The van der Waals surface area contributed by atoms with Gasteiger partial charge >= 0.3 is 0 Å². The lowest BCUT2D eigenvalue weighted by atomic mass is 10.1. The van der Waals surface area contributed by atoms with Gasteiger partial charge in [0.15, 0.2) is 0 Å². The van der Waals surface area contributed by atoms with E-state index in [-0.39, 0.29) is 11.4 Å². The fraction of sp³-hybridized carbons (Fsp3) is 0.333. The van der Waals surface area contributed by atoms with Crippen LogP contribution < -0.4 is 5.32 Å². The average molecular weight is 309 g/mol. The molecule has 2 aromatic rings. The van der Waals surface area contributed by atoms with Gasteiger partial charge < -0.3 is 5.32 Å². The second-order valence-corrected chi connectivity index (χ2v) is 7.08. The molecule has 2 rings (SSSR count).